The molecule has 7 nitrogen and oxygen atoms in total. The highest BCUT2D eigenvalue weighted by atomic mass is 16.5. The maximum Gasteiger partial charge on any atom is 0.253 e. The molecule has 0 heterocycles. The largest absolute Gasteiger partial charge is 0.493 e. The number of nitrogens with two attached hydrogens (primary N) is 1. The fraction of sp³-hybridized carbons (Fsp3) is 0.500. The Balaban J connectivity index is 2.82. The van der Waals surface area contributed by atoms with Crippen LogP contribution < -0.4 is 20.5 Å². The van der Waals surface area contributed by atoms with Gasteiger partial charge < -0.3 is 30.0 Å². The quantitative estimate of drug-likeness (QED) is 0.686. The summed E-state index contributed by atoms with van der Waals surface area (Å²) < 4.78 is 20.4. The summed E-state index contributed by atoms with van der Waals surface area (Å²) in [5.41, 5.74) is 6.50. The number of carbonyl (C=O) groups excluding carboxylic acids is 1. The van der Waals surface area contributed by atoms with E-state index < -0.39 is 0 Å². The number of amides is 1. The summed E-state index contributed by atoms with van der Waals surface area (Å²) in [5.74, 6) is 0.601. The van der Waals surface area contributed by atoms with Crippen molar-refractivity contribution in [2.45, 2.75) is 6.10 Å². The monoisotopic (exact) mass is 298 g/mol. The summed E-state index contributed by atoms with van der Waals surface area (Å²) in [4.78, 5) is 12.2. The molecule has 1 amide bonds. The van der Waals surface area contributed by atoms with Crippen LogP contribution in [0.5, 0.6) is 11.5 Å². The normalized spacial score (nSPS) is 11.8. The predicted octanol–water partition coefficient (Wildman–Crippen LogP) is 0.677. The van der Waals surface area contributed by atoms with Crippen LogP contribution in [0.4, 0.5) is 5.69 Å². The molecular weight excluding hydrogens is 276 g/mol. The molecule has 1 aromatic rings. The fourth-order valence-corrected chi connectivity index (χ4v) is 1.79. The smallest absolute Gasteiger partial charge is 0.253 e. The average Bonchev–Trinajstić information content (AvgIpc) is 2.50. The van der Waals surface area contributed by atoms with E-state index in [0.717, 1.165) is 0 Å². The molecule has 7 heteroatoms. The first-order chi connectivity index (χ1) is 10.1. The van der Waals surface area contributed by atoms with Gasteiger partial charge in [0.2, 0.25) is 0 Å². The van der Waals surface area contributed by atoms with E-state index in [1.54, 1.807) is 26.4 Å². The maximum atomic E-state index is 12.2. The van der Waals surface area contributed by atoms with Crippen molar-refractivity contribution in [3.05, 3.63) is 17.7 Å². The van der Waals surface area contributed by atoms with Gasteiger partial charge in [-0.2, -0.15) is 0 Å². The molecule has 1 atom stereocenters. The summed E-state index contributed by atoms with van der Waals surface area (Å²) in [5, 5.41) is 2.74. The lowest BCUT2D eigenvalue weighted by atomic mass is 10.1. The average molecular weight is 298 g/mol. The van der Waals surface area contributed by atoms with Gasteiger partial charge in [-0.1, -0.05) is 0 Å². The molecule has 0 aliphatic heterocycles. The van der Waals surface area contributed by atoms with Crippen LogP contribution >= 0.6 is 0 Å². The first-order valence-electron chi connectivity index (χ1n) is 6.38. The standard InChI is InChI=1S/C14H22N2O5/c1-18-8-9(19-2)7-16-14(17)10-5-12(20-3)13(21-4)6-11(10)15/h5-6,9H,7-8,15H2,1-4H3,(H,16,17). The summed E-state index contributed by atoms with van der Waals surface area (Å²) in [6, 6.07) is 3.10. The molecule has 0 radical (unpaired) electrons. The van der Waals surface area contributed by atoms with Gasteiger partial charge in [0.05, 0.1) is 32.5 Å². The Morgan fingerprint density at radius 3 is 2.33 bits per heavy atom. The third-order valence-corrected chi connectivity index (χ3v) is 2.98. The van der Waals surface area contributed by atoms with Crippen molar-refractivity contribution in [1.29, 1.82) is 0 Å². The minimum atomic E-state index is -0.313. The van der Waals surface area contributed by atoms with Crippen molar-refractivity contribution in [3.63, 3.8) is 0 Å². The number of nitrogens with one attached hydrogen (secondary N) is 1. The van der Waals surface area contributed by atoms with Gasteiger partial charge in [0.1, 0.15) is 0 Å². The van der Waals surface area contributed by atoms with E-state index in [1.165, 1.54) is 14.2 Å². The van der Waals surface area contributed by atoms with Crippen LogP contribution in [0, 0.1) is 0 Å². The zero-order valence-corrected chi connectivity index (χ0v) is 12.8. The molecule has 0 aliphatic carbocycles. The van der Waals surface area contributed by atoms with Crippen LogP contribution in [0.2, 0.25) is 0 Å². The topological polar surface area (TPSA) is 92.0 Å². The second-order valence-corrected chi connectivity index (χ2v) is 4.32. The lowest BCUT2D eigenvalue weighted by Gasteiger charge is -2.16. The first kappa shape index (κ1) is 17.1. The second-order valence-electron chi connectivity index (χ2n) is 4.32. The number of carbonyl (C=O) groups is 1. The Morgan fingerprint density at radius 2 is 1.81 bits per heavy atom. The third-order valence-electron chi connectivity index (χ3n) is 2.98. The Morgan fingerprint density at radius 1 is 1.19 bits per heavy atom. The van der Waals surface area contributed by atoms with Gasteiger partial charge in [-0.3, -0.25) is 4.79 Å². The van der Waals surface area contributed by atoms with E-state index in [-0.39, 0.29) is 12.0 Å². The first-order valence-corrected chi connectivity index (χ1v) is 6.38. The molecule has 0 bridgehead atoms. The minimum Gasteiger partial charge on any atom is -0.493 e. The van der Waals surface area contributed by atoms with Crippen LogP contribution in [0.3, 0.4) is 0 Å². The van der Waals surface area contributed by atoms with Crippen molar-refractivity contribution < 1.29 is 23.7 Å². The Kier molecular flexibility index (Phi) is 6.77. The van der Waals surface area contributed by atoms with Crippen LogP contribution in [-0.4, -0.2) is 53.6 Å². The van der Waals surface area contributed by atoms with Crippen molar-refractivity contribution in [3.8, 4) is 11.5 Å². The number of benzene rings is 1. The summed E-state index contributed by atoms with van der Waals surface area (Å²) in [6.07, 6.45) is -0.222. The number of nitrogen functional groups attached to an aromatic ring is 1. The zero-order valence-electron chi connectivity index (χ0n) is 12.8. The molecule has 1 unspecified atom stereocenters. The van der Waals surface area contributed by atoms with Crippen molar-refractivity contribution in [1.82, 2.24) is 5.32 Å². The van der Waals surface area contributed by atoms with E-state index >= 15 is 0 Å². The molecule has 118 valence electrons. The summed E-state index contributed by atoms with van der Waals surface area (Å²) >= 11 is 0. The van der Waals surface area contributed by atoms with Crippen LogP contribution in [0.25, 0.3) is 0 Å². The number of ether oxygens (including phenoxy) is 4. The van der Waals surface area contributed by atoms with Gasteiger partial charge in [-0.15, -0.1) is 0 Å². The minimum absolute atomic E-state index is 0.222. The third kappa shape index (κ3) is 4.51. The van der Waals surface area contributed by atoms with E-state index in [4.69, 9.17) is 24.7 Å². The Labute approximate surface area is 124 Å². The molecule has 3 N–H and O–H groups in total. The molecule has 0 spiro atoms. The number of anilines is 1. The number of rotatable bonds is 8. The van der Waals surface area contributed by atoms with E-state index in [0.29, 0.717) is 35.9 Å². The number of hydrogen-bond acceptors (Lipinski definition) is 6. The second kappa shape index (κ2) is 8.33. The van der Waals surface area contributed by atoms with E-state index in [9.17, 15) is 4.79 Å². The van der Waals surface area contributed by atoms with Crippen LogP contribution in [0.15, 0.2) is 12.1 Å². The Hall–Kier alpha value is -1.99. The molecule has 0 saturated heterocycles. The van der Waals surface area contributed by atoms with Crippen molar-refractivity contribution in [2.75, 3.05) is 47.3 Å². The molecule has 0 aromatic heterocycles. The lowest BCUT2D eigenvalue weighted by Crippen LogP contribution is -2.35. The molecule has 1 aromatic carbocycles. The van der Waals surface area contributed by atoms with E-state index in [2.05, 4.69) is 5.32 Å². The van der Waals surface area contributed by atoms with Crippen molar-refractivity contribution in [2.24, 2.45) is 0 Å². The summed E-state index contributed by atoms with van der Waals surface area (Å²) in [7, 11) is 6.13. The molecule has 0 aliphatic rings. The van der Waals surface area contributed by atoms with Crippen LogP contribution in [0.1, 0.15) is 10.4 Å². The molecule has 1 rings (SSSR count). The highest BCUT2D eigenvalue weighted by molar-refractivity contribution is 6.00. The van der Waals surface area contributed by atoms with E-state index in [1.807, 2.05) is 0 Å². The SMILES string of the molecule is COCC(CNC(=O)c1cc(OC)c(OC)cc1N)OC. The summed E-state index contributed by atoms with van der Waals surface area (Å²) in [6.45, 7) is 0.704. The molecular formula is C14H22N2O5. The van der Waals surface area contributed by atoms with Gasteiger partial charge in [0.25, 0.3) is 5.91 Å². The number of methoxy groups -OCH3 is 4. The van der Waals surface area contributed by atoms with Crippen LogP contribution in [-0.2, 0) is 9.47 Å². The van der Waals surface area contributed by atoms with Gasteiger partial charge in [0, 0.05) is 32.5 Å². The van der Waals surface area contributed by atoms with Crippen molar-refractivity contribution >= 4 is 11.6 Å². The fourth-order valence-electron chi connectivity index (χ4n) is 1.79. The Bertz CT molecular complexity index is 479. The van der Waals surface area contributed by atoms with Gasteiger partial charge >= 0.3 is 0 Å². The predicted molar refractivity (Wildman–Crippen MR) is 79.0 cm³/mol. The molecule has 21 heavy (non-hydrogen) atoms. The highest BCUT2D eigenvalue weighted by Gasteiger charge is 2.16. The highest BCUT2D eigenvalue weighted by Crippen LogP contribution is 2.31. The van der Waals surface area contributed by atoms with Gasteiger partial charge in [-0.25, -0.2) is 0 Å². The van der Waals surface area contributed by atoms with Gasteiger partial charge in [-0.05, 0) is 6.07 Å². The maximum absolute atomic E-state index is 12.2. The number of hydrogen-bond donors (Lipinski definition) is 2. The molecule has 0 fully saturated rings. The zero-order chi connectivity index (χ0) is 15.8. The van der Waals surface area contributed by atoms with Gasteiger partial charge in [0.15, 0.2) is 11.5 Å². The molecule has 0 saturated carbocycles. The lowest BCUT2D eigenvalue weighted by molar-refractivity contribution is 0.0285.